The van der Waals surface area contributed by atoms with Gasteiger partial charge in [0.25, 0.3) is 0 Å². The molecule has 2 aromatic rings. The lowest BCUT2D eigenvalue weighted by Gasteiger charge is -2.35. The van der Waals surface area contributed by atoms with E-state index in [4.69, 9.17) is 25.8 Å². The highest BCUT2D eigenvalue weighted by atomic mass is 35.5. The zero-order valence-corrected chi connectivity index (χ0v) is 20.8. The third-order valence-electron chi connectivity index (χ3n) is 6.13. The monoisotopic (exact) mass is 490 g/mol. The Hall–Kier alpha value is -2.17. The molecular weight excluding hydrogens is 456 g/mol. The van der Waals surface area contributed by atoms with E-state index in [0.717, 1.165) is 56.9 Å². The van der Waals surface area contributed by atoms with E-state index in [9.17, 15) is 0 Å². The van der Waals surface area contributed by atoms with Crippen molar-refractivity contribution < 1.29 is 14.2 Å². The second-order valence-electron chi connectivity index (χ2n) is 8.71. The molecule has 3 heterocycles. The molecule has 4 rings (SSSR count). The van der Waals surface area contributed by atoms with Gasteiger partial charge in [-0.1, -0.05) is 11.6 Å². The van der Waals surface area contributed by atoms with Gasteiger partial charge in [0.05, 0.1) is 32.1 Å². The molecule has 0 spiro atoms. The molecular formula is C24H35ClN6O3. The molecule has 2 saturated heterocycles. The van der Waals surface area contributed by atoms with Gasteiger partial charge in [0.15, 0.2) is 5.82 Å². The maximum absolute atomic E-state index is 6.32. The fourth-order valence-electron chi connectivity index (χ4n) is 4.16. The molecule has 10 heteroatoms. The van der Waals surface area contributed by atoms with Gasteiger partial charge in [0.1, 0.15) is 5.02 Å². The van der Waals surface area contributed by atoms with Gasteiger partial charge < -0.3 is 34.6 Å². The molecule has 9 nitrogen and oxygen atoms in total. The molecule has 1 aromatic heterocycles. The number of hydrogen-bond donors (Lipinski definition) is 2. The average molecular weight is 491 g/mol. The van der Waals surface area contributed by atoms with Crippen molar-refractivity contribution in [3.63, 3.8) is 0 Å². The number of rotatable bonds is 11. The number of benzene rings is 1. The Kier molecular flexibility index (Phi) is 9.18. The number of halogens is 1. The third-order valence-corrected chi connectivity index (χ3v) is 6.41. The minimum absolute atomic E-state index is 0.199. The lowest BCUT2D eigenvalue weighted by atomic mass is 10.1. The second kappa shape index (κ2) is 12.5. The molecule has 2 aliphatic heterocycles. The number of hydrogen-bond acceptors (Lipinski definition) is 9. The summed E-state index contributed by atoms with van der Waals surface area (Å²) in [6.45, 7) is 7.21. The van der Waals surface area contributed by atoms with Crippen molar-refractivity contribution in [1.29, 1.82) is 0 Å². The van der Waals surface area contributed by atoms with Crippen LogP contribution < -0.4 is 15.5 Å². The first-order chi connectivity index (χ1) is 16.6. The Morgan fingerprint density at radius 3 is 2.82 bits per heavy atom. The fourth-order valence-corrected chi connectivity index (χ4v) is 4.31. The van der Waals surface area contributed by atoms with Crippen LogP contribution in [-0.2, 0) is 20.8 Å². The number of nitrogens with one attached hydrogen (secondary N) is 2. The summed E-state index contributed by atoms with van der Waals surface area (Å²) in [6, 6.07) is 6.32. The number of piperazine rings is 1. The highest BCUT2D eigenvalue weighted by Crippen LogP contribution is 2.28. The van der Waals surface area contributed by atoms with Crippen LogP contribution in [0.5, 0.6) is 0 Å². The van der Waals surface area contributed by atoms with Crippen LogP contribution in [0.3, 0.4) is 0 Å². The topological polar surface area (TPSA) is 84.0 Å². The highest BCUT2D eigenvalue weighted by Gasteiger charge is 2.19. The quantitative estimate of drug-likeness (QED) is 0.460. The van der Waals surface area contributed by atoms with Crippen LogP contribution in [0.2, 0.25) is 5.02 Å². The second-order valence-corrected chi connectivity index (χ2v) is 9.12. The molecule has 1 atom stereocenters. The Balaban J connectivity index is 1.46. The van der Waals surface area contributed by atoms with E-state index in [1.165, 1.54) is 5.69 Å². The molecule has 0 unspecified atom stereocenters. The number of nitrogens with zero attached hydrogens (tertiary/aromatic N) is 4. The lowest BCUT2D eigenvalue weighted by Crippen LogP contribution is -2.44. The van der Waals surface area contributed by atoms with E-state index in [-0.39, 0.29) is 6.10 Å². The predicted molar refractivity (Wildman–Crippen MR) is 135 cm³/mol. The van der Waals surface area contributed by atoms with Gasteiger partial charge in [0, 0.05) is 63.4 Å². The number of methoxy groups -OCH3 is 1. The Morgan fingerprint density at radius 1 is 1.21 bits per heavy atom. The Morgan fingerprint density at radius 2 is 2.06 bits per heavy atom. The number of aromatic nitrogens is 2. The van der Waals surface area contributed by atoms with Crippen LogP contribution in [-0.4, -0.2) is 87.7 Å². The van der Waals surface area contributed by atoms with E-state index < -0.39 is 0 Å². The van der Waals surface area contributed by atoms with Crippen LogP contribution in [0.1, 0.15) is 18.4 Å². The average Bonchev–Trinajstić information content (AvgIpc) is 3.37. The molecule has 0 aliphatic carbocycles. The molecule has 186 valence electrons. The van der Waals surface area contributed by atoms with E-state index in [1.54, 1.807) is 13.3 Å². The summed E-state index contributed by atoms with van der Waals surface area (Å²) >= 11 is 6.32. The normalized spacial score (nSPS) is 18.9. The first-order valence-corrected chi connectivity index (χ1v) is 12.3. The van der Waals surface area contributed by atoms with Crippen LogP contribution in [0.25, 0.3) is 0 Å². The van der Waals surface area contributed by atoms with E-state index in [2.05, 4.69) is 55.6 Å². The van der Waals surface area contributed by atoms with Crippen LogP contribution in [0, 0.1) is 0 Å². The number of anilines is 4. The van der Waals surface area contributed by atoms with Crippen molar-refractivity contribution in [1.82, 2.24) is 14.9 Å². The van der Waals surface area contributed by atoms with Crippen LogP contribution >= 0.6 is 11.6 Å². The van der Waals surface area contributed by atoms with Gasteiger partial charge in [-0.3, -0.25) is 0 Å². The standard InChI is InChI=1S/C24H35ClN6O3/c1-30-7-9-31(10-8-30)22-6-5-19(14-18(22)17-33-13-12-32-2)28-24-27-16-21(25)23(29-24)26-15-20-4-3-11-34-20/h5-6,14,16,20H,3-4,7-13,15,17H2,1-2H3,(H2,26,27,28,29)/t20-/m1/s1. The highest BCUT2D eigenvalue weighted by molar-refractivity contribution is 6.32. The summed E-state index contributed by atoms with van der Waals surface area (Å²) < 4.78 is 16.7. The summed E-state index contributed by atoms with van der Waals surface area (Å²) in [5, 5.41) is 7.10. The van der Waals surface area contributed by atoms with Crippen molar-refractivity contribution in [2.75, 3.05) is 82.2 Å². The summed E-state index contributed by atoms with van der Waals surface area (Å²) in [5.74, 6) is 1.09. The Bertz CT molecular complexity index is 920. The minimum atomic E-state index is 0.199. The molecule has 2 fully saturated rings. The zero-order valence-electron chi connectivity index (χ0n) is 20.1. The van der Waals surface area contributed by atoms with Gasteiger partial charge in [0.2, 0.25) is 5.95 Å². The number of likely N-dealkylation sites (N-methyl/N-ethyl adjacent to an activating group) is 1. The van der Waals surface area contributed by atoms with Gasteiger partial charge in [-0.15, -0.1) is 0 Å². The maximum atomic E-state index is 6.32. The van der Waals surface area contributed by atoms with Crippen molar-refractivity contribution >= 4 is 34.7 Å². The van der Waals surface area contributed by atoms with E-state index >= 15 is 0 Å². The van der Waals surface area contributed by atoms with Gasteiger partial charge in [-0.05, 0) is 38.1 Å². The van der Waals surface area contributed by atoms with E-state index in [0.29, 0.717) is 43.2 Å². The molecule has 0 saturated carbocycles. The molecule has 34 heavy (non-hydrogen) atoms. The predicted octanol–water partition coefficient (Wildman–Crippen LogP) is 3.38. The molecule has 0 radical (unpaired) electrons. The minimum Gasteiger partial charge on any atom is -0.382 e. The van der Waals surface area contributed by atoms with Gasteiger partial charge in [-0.25, -0.2) is 4.98 Å². The molecule has 1 aromatic carbocycles. The van der Waals surface area contributed by atoms with Crippen molar-refractivity contribution in [3.8, 4) is 0 Å². The summed E-state index contributed by atoms with van der Waals surface area (Å²) in [6.07, 6.45) is 3.96. The number of ether oxygens (including phenoxy) is 3. The van der Waals surface area contributed by atoms with Crippen LogP contribution in [0.4, 0.5) is 23.1 Å². The first kappa shape index (κ1) is 24.9. The summed E-state index contributed by atoms with van der Waals surface area (Å²) in [7, 11) is 3.84. The smallest absolute Gasteiger partial charge is 0.229 e. The third kappa shape index (κ3) is 6.93. The largest absolute Gasteiger partial charge is 0.382 e. The zero-order chi connectivity index (χ0) is 23.8. The van der Waals surface area contributed by atoms with Gasteiger partial charge in [-0.2, -0.15) is 4.98 Å². The van der Waals surface area contributed by atoms with Crippen molar-refractivity contribution in [2.45, 2.75) is 25.6 Å². The summed E-state index contributed by atoms with van der Waals surface area (Å²) in [5.41, 5.74) is 3.22. The lowest BCUT2D eigenvalue weighted by molar-refractivity contribution is 0.0618. The molecule has 0 amide bonds. The molecule has 2 aliphatic rings. The van der Waals surface area contributed by atoms with Gasteiger partial charge >= 0.3 is 0 Å². The SMILES string of the molecule is COCCOCc1cc(Nc2ncc(Cl)c(NC[C@H]3CCCO3)n2)ccc1N1CCN(C)CC1. The molecule has 2 N–H and O–H groups in total. The molecule has 0 bridgehead atoms. The van der Waals surface area contributed by atoms with Crippen molar-refractivity contribution in [3.05, 3.63) is 35.0 Å². The first-order valence-electron chi connectivity index (χ1n) is 11.9. The maximum Gasteiger partial charge on any atom is 0.229 e. The summed E-state index contributed by atoms with van der Waals surface area (Å²) in [4.78, 5) is 13.7. The Labute approximate surface area is 206 Å². The van der Waals surface area contributed by atoms with Crippen LogP contribution in [0.15, 0.2) is 24.4 Å². The fraction of sp³-hybridized carbons (Fsp3) is 0.583. The van der Waals surface area contributed by atoms with E-state index in [1.807, 2.05) is 0 Å². The van der Waals surface area contributed by atoms with Crippen molar-refractivity contribution in [2.24, 2.45) is 0 Å².